The summed E-state index contributed by atoms with van der Waals surface area (Å²) in [6.45, 7) is 6.33. The Morgan fingerprint density at radius 2 is 1.91 bits per heavy atom. The molecule has 3 heteroatoms. The summed E-state index contributed by atoms with van der Waals surface area (Å²) in [5.41, 5.74) is -0.507. The van der Waals surface area contributed by atoms with Crippen LogP contribution < -0.4 is 0 Å². The molecule has 0 aromatic heterocycles. The van der Waals surface area contributed by atoms with E-state index in [4.69, 9.17) is 9.47 Å². The molecule has 0 amide bonds. The molecule has 0 aromatic rings. The van der Waals surface area contributed by atoms with E-state index in [0.717, 1.165) is 0 Å². The number of hydrogen-bond acceptors (Lipinski definition) is 2. The molecule has 11 heavy (non-hydrogen) atoms. The van der Waals surface area contributed by atoms with E-state index in [1.807, 2.05) is 20.8 Å². The molecule has 1 aliphatic heterocycles. The third-order valence-electron chi connectivity index (χ3n) is 1.97. The Hall–Kier alpha value is -0.150. The first kappa shape index (κ1) is 8.94. The zero-order valence-electron chi connectivity index (χ0n) is 7.32. The molecule has 1 rings (SSSR count). The quantitative estimate of drug-likeness (QED) is 0.540. The number of rotatable bonds is 0. The Morgan fingerprint density at radius 1 is 1.27 bits per heavy atom. The minimum absolute atomic E-state index is 0.0521. The number of alkyl halides is 1. The van der Waals surface area contributed by atoms with Crippen molar-refractivity contribution in [3.8, 4) is 0 Å². The SMILES string of the molecule is CC(C)(C)C1(F)COCCO1. The first-order chi connectivity index (χ1) is 4.96. The molecule has 0 N–H and O–H groups in total. The predicted octanol–water partition coefficient (Wildman–Crippen LogP) is 1.75. The summed E-state index contributed by atoms with van der Waals surface area (Å²) < 4.78 is 23.8. The van der Waals surface area contributed by atoms with Gasteiger partial charge < -0.3 is 9.47 Å². The average Bonchev–Trinajstić information content (AvgIpc) is 1.87. The second kappa shape index (κ2) is 2.72. The van der Waals surface area contributed by atoms with Crippen LogP contribution in [0.1, 0.15) is 20.8 Å². The Morgan fingerprint density at radius 3 is 2.18 bits per heavy atom. The van der Waals surface area contributed by atoms with Crippen molar-refractivity contribution in [2.45, 2.75) is 26.6 Å². The molecule has 1 heterocycles. The number of hydrogen-bond donors (Lipinski definition) is 0. The first-order valence-electron chi connectivity index (χ1n) is 3.86. The summed E-state index contributed by atoms with van der Waals surface area (Å²) in [7, 11) is 0. The van der Waals surface area contributed by atoms with Gasteiger partial charge in [0, 0.05) is 5.41 Å². The van der Waals surface area contributed by atoms with E-state index in [-0.39, 0.29) is 6.61 Å². The van der Waals surface area contributed by atoms with Gasteiger partial charge in [-0.05, 0) is 0 Å². The zero-order chi connectivity index (χ0) is 8.54. The molecular formula is C8H15FO2. The van der Waals surface area contributed by atoms with Crippen LogP contribution in [0.3, 0.4) is 0 Å². The summed E-state index contributed by atoms with van der Waals surface area (Å²) in [4.78, 5) is 0. The van der Waals surface area contributed by atoms with Gasteiger partial charge in [-0.1, -0.05) is 20.8 Å². The Labute approximate surface area is 66.7 Å². The largest absolute Gasteiger partial charge is 0.373 e. The molecule has 1 unspecified atom stereocenters. The van der Waals surface area contributed by atoms with E-state index in [1.54, 1.807) is 0 Å². The van der Waals surface area contributed by atoms with Crippen molar-refractivity contribution < 1.29 is 13.9 Å². The minimum atomic E-state index is -1.61. The van der Waals surface area contributed by atoms with E-state index in [2.05, 4.69) is 0 Å². The third-order valence-corrected chi connectivity index (χ3v) is 1.97. The fourth-order valence-corrected chi connectivity index (χ4v) is 0.940. The van der Waals surface area contributed by atoms with Crippen molar-refractivity contribution in [3.05, 3.63) is 0 Å². The van der Waals surface area contributed by atoms with Crippen molar-refractivity contribution in [1.29, 1.82) is 0 Å². The van der Waals surface area contributed by atoms with Crippen molar-refractivity contribution in [3.63, 3.8) is 0 Å². The highest BCUT2D eigenvalue weighted by Gasteiger charge is 2.45. The lowest BCUT2D eigenvalue weighted by atomic mass is 9.87. The van der Waals surface area contributed by atoms with E-state index in [0.29, 0.717) is 13.2 Å². The van der Waals surface area contributed by atoms with E-state index >= 15 is 0 Å². The molecule has 0 spiro atoms. The van der Waals surface area contributed by atoms with Gasteiger partial charge in [-0.25, -0.2) is 4.39 Å². The van der Waals surface area contributed by atoms with Gasteiger partial charge in [-0.2, -0.15) is 0 Å². The molecular weight excluding hydrogens is 147 g/mol. The third kappa shape index (κ3) is 1.71. The monoisotopic (exact) mass is 162 g/mol. The molecule has 1 aliphatic rings. The lowest BCUT2D eigenvalue weighted by Gasteiger charge is -2.39. The predicted molar refractivity (Wildman–Crippen MR) is 40.1 cm³/mol. The minimum Gasteiger partial charge on any atom is -0.373 e. The van der Waals surface area contributed by atoms with Crippen LogP contribution in [0.15, 0.2) is 0 Å². The average molecular weight is 162 g/mol. The molecule has 0 bridgehead atoms. The van der Waals surface area contributed by atoms with Gasteiger partial charge in [-0.3, -0.25) is 0 Å². The van der Waals surface area contributed by atoms with Crippen molar-refractivity contribution in [2.24, 2.45) is 5.41 Å². The highest BCUT2D eigenvalue weighted by molar-refractivity contribution is 4.84. The first-order valence-corrected chi connectivity index (χ1v) is 3.86. The summed E-state index contributed by atoms with van der Waals surface area (Å²) in [5, 5.41) is 0. The summed E-state index contributed by atoms with van der Waals surface area (Å²) in [6.07, 6.45) is 0. The molecule has 1 saturated heterocycles. The Balaban J connectivity index is 2.64. The Bertz CT molecular complexity index is 134. The van der Waals surface area contributed by atoms with Crippen LogP contribution in [-0.4, -0.2) is 25.7 Å². The van der Waals surface area contributed by atoms with Crippen LogP contribution in [0.5, 0.6) is 0 Å². The van der Waals surface area contributed by atoms with Gasteiger partial charge in [0.05, 0.1) is 13.2 Å². The second-order valence-corrected chi connectivity index (χ2v) is 3.88. The summed E-state index contributed by atoms with van der Waals surface area (Å²) in [6, 6.07) is 0. The topological polar surface area (TPSA) is 18.5 Å². The molecule has 66 valence electrons. The van der Waals surface area contributed by atoms with Crippen molar-refractivity contribution in [2.75, 3.05) is 19.8 Å². The molecule has 0 aromatic carbocycles. The van der Waals surface area contributed by atoms with Crippen LogP contribution in [0, 0.1) is 5.41 Å². The standard InChI is InChI=1S/C8H15FO2/c1-7(2,3)8(9)6-10-4-5-11-8/h4-6H2,1-3H3. The Kier molecular flexibility index (Phi) is 2.21. The van der Waals surface area contributed by atoms with Crippen LogP contribution in [0.4, 0.5) is 4.39 Å². The molecule has 2 nitrogen and oxygen atoms in total. The fourth-order valence-electron chi connectivity index (χ4n) is 0.940. The maximum absolute atomic E-state index is 13.7. The van der Waals surface area contributed by atoms with Gasteiger partial charge in [-0.15, -0.1) is 0 Å². The number of ether oxygens (including phenoxy) is 2. The van der Waals surface area contributed by atoms with Gasteiger partial charge >= 0.3 is 0 Å². The molecule has 1 atom stereocenters. The van der Waals surface area contributed by atoms with E-state index in [1.165, 1.54) is 0 Å². The lowest BCUT2D eigenvalue weighted by molar-refractivity contribution is -0.272. The second-order valence-electron chi connectivity index (χ2n) is 3.88. The van der Waals surface area contributed by atoms with E-state index < -0.39 is 11.3 Å². The zero-order valence-corrected chi connectivity index (χ0v) is 7.32. The maximum atomic E-state index is 13.7. The van der Waals surface area contributed by atoms with E-state index in [9.17, 15) is 4.39 Å². The maximum Gasteiger partial charge on any atom is 0.237 e. The molecule has 0 saturated carbocycles. The van der Waals surface area contributed by atoms with Crippen molar-refractivity contribution in [1.82, 2.24) is 0 Å². The highest BCUT2D eigenvalue weighted by atomic mass is 19.2. The van der Waals surface area contributed by atoms with Crippen LogP contribution >= 0.6 is 0 Å². The summed E-state index contributed by atoms with van der Waals surface area (Å²) >= 11 is 0. The van der Waals surface area contributed by atoms with Gasteiger partial charge in [0.15, 0.2) is 0 Å². The van der Waals surface area contributed by atoms with Crippen molar-refractivity contribution >= 4 is 0 Å². The molecule has 0 aliphatic carbocycles. The van der Waals surface area contributed by atoms with Gasteiger partial charge in [0.25, 0.3) is 0 Å². The summed E-state index contributed by atoms with van der Waals surface area (Å²) in [5.74, 6) is -1.61. The highest BCUT2D eigenvalue weighted by Crippen LogP contribution is 2.36. The number of halogens is 1. The van der Waals surface area contributed by atoms with Gasteiger partial charge in [0.1, 0.15) is 6.61 Å². The normalized spacial score (nSPS) is 33.8. The molecule has 0 radical (unpaired) electrons. The van der Waals surface area contributed by atoms with Crippen LogP contribution in [0.25, 0.3) is 0 Å². The van der Waals surface area contributed by atoms with Crippen LogP contribution in [0.2, 0.25) is 0 Å². The smallest absolute Gasteiger partial charge is 0.237 e. The molecule has 1 fully saturated rings. The van der Waals surface area contributed by atoms with Gasteiger partial charge in [0.2, 0.25) is 5.85 Å². The fraction of sp³-hybridized carbons (Fsp3) is 1.00. The lowest BCUT2D eigenvalue weighted by Crippen LogP contribution is -2.49. The van der Waals surface area contributed by atoms with Crippen LogP contribution in [-0.2, 0) is 9.47 Å².